The topological polar surface area (TPSA) is 41.4 Å². The van der Waals surface area contributed by atoms with E-state index >= 15 is 0 Å². The van der Waals surface area contributed by atoms with Gasteiger partial charge in [-0.25, -0.2) is 4.98 Å². The SMILES string of the molecule is CCCCCN1CN(c2ccc(C)cc2C)c2nc(C)c(Cc3ccccc3)c(=O)n2C1. The van der Waals surface area contributed by atoms with E-state index in [2.05, 4.69) is 60.9 Å². The Hall–Kier alpha value is -2.92. The Labute approximate surface area is 191 Å². The zero-order chi connectivity index (χ0) is 22.7. The van der Waals surface area contributed by atoms with Crippen molar-refractivity contribution in [3.63, 3.8) is 0 Å². The normalized spacial score (nSPS) is 13.9. The van der Waals surface area contributed by atoms with Gasteiger partial charge < -0.3 is 0 Å². The summed E-state index contributed by atoms with van der Waals surface area (Å²) in [5.74, 6) is 0.753. The van der Waals surface area contributed by atoms with Gasteiger partial charge >= 0.3 is 0 Å². The molecule has 0 bridgehead atoms. The number of aromatic nitrogens is 2. The molecule has 2 heterocycles. The molecule has 2 aromatic carbocycles. The van der Waals surface area contributed by atoms with E-state index in [0.717, 1.165) is 48.1 Å². The number of hydrogen-bond donors (Lipinski definition) is 0. The molecular formula is C27H34N4O. The monoisotopic (exact) mass is 430 g/mol. The summed E-state index contributed by atoms with van der Waals surface area (Å²) < 4.78 is 1.88. The summed E-state index contributed by atoms with van der Waals surface area (Å²) in [5, 5.41) is 0. The Kier molecular flexibility index (Phi) is 6.75. The first kappa shape index (κ1) is 22.3. The van der Waals surface area contributed by atoms with E-state index in [4.69, 9.17) is 4.98 Å². The average molecular weight is 431 g/mol. The van der Waals surface area contributed by atoms with Gasteiger partial charge in [-0.2, -0.15) is 0 Å². The van der Waals surface area contributed by atoms with Crippen LogP contribution in [0.4, 0.5) is 11.6 Å². The Balaban J connectivity index is 1.78. The number of fused-ring (bicyclic) bond motifs is 1. The minimum atomic E-state index is 0.0753. The molecule has 32 heavy (non-hydrogen) atoms. The number of unbranched alkanes of at least 4 members (excludes halogenated alkanes) is 2. The van der Waals surface area contributed by atoms with Gasteiger partial charge in [0.2, 0.25) is 5.95 Å². The highest BCUT2D eigenvalue weighted by atomic mass is 16.1. The average Bonchev–Trinajstić information content (AvgIpc) is 2.78. The fourth-order valence-electron chi connectivity index (χ4n) is 4.55. The van der Waals surface area contributed by atoms with Crippen LogP contribution in [0.2, 0.25) is 0 Å². The van der Waals surface area contributed by atoms with E-state index in [0.29, 0.717) is 13.1 Å². The number of anilines is 2. The summed E-state index contributed by atoms with van der Waals surface area (Å²) in [4.78, 5) is 23.3. The van der Waals surface area contributed by atoms with Crippen LogP contribution in [0.25, 0.3) is 0 Å². The molecule has 0 spiro atoms. The third-order valence-corrected chi connectivity index (χ3v) is 6.32. The Bertz CT molecular complexity index is 1140. The molecule has 0 amide bonds. The van der Waals surface area contributed by atoms with Crippen LogP contribution in [0.1, 0.15) is 54.1 Å². The van der Waals surface area contributed by atoms with Gasteiger partial charge in [0.05, 0.1) is 19.0 Å². The summed E-state index contributed by atoms with van der Waals surface area (Å²) in [6, 6.07) is 16.7. The summed E-state index contributed by atoms with van der Waals surface area (Å²) in [7, 11) is 0. The van der Waals surface area contributed by atoms with Gasteiger partial charge in [-0.15, -0.1) is 0 Å². The van der Waals surface area contributed by atoms with Crippen LogP contribution >= 0.6 is 0 Å². The zero-order valence-corrected chi connectivity index (χ0v) is 19.8. The van der Waals surface area contributed by atoms with Gasteiger partial charge in [-0.1, -0.05) is 67.8 Å². The van der Waals surface area contributed by atoms with Crippen molar-refractivity contribution in [3.05, 3.63) is 86.8 Å². The predicted molar refractivity (Wildman–Crippen MR) is 132 cm³/mol. The molecule has 3 aromatic rings. The highest BCUT2D eigenvalue weighted by Gasteiger charge is 2.28. The molecule has 0 fully saturated rings. The molecule has 1 aliphatic heterocycles. The van der Waals surface area contributed by atoms with Crippen LogP contribution in [0.15, 0.2) is 53.3 Å². The molecule has 0 aliphatic carbocycles. The van der Waals surface area contributed by atoms with Crippen LogP contribution in [-0.2, 0) is 13.1 Å². The smallest absolute Gasteiger partial charge is 0.259 e. The lowest BCUT2D eigenvalue weighted by molar-refractivity contribution is 0.194. The standard InChI is InChI=1S/C27H34N4O/c1-5-6-10-15-29-18-30(25-14-13-20(2)16-21(25)3)27-28-22(4)24(26(32)31(27)19-29)17-23-11-8-7-9-12-23/h7-9,11-14,16H,5-6,10,15,17-19H2,1-4H3. The Morgan fingerprint density at radius 1 is 0.969 bits per heavy atom. The minimum absolute atomic E-state index is 0.0753. The maximum Gasteiger partial charge on any atom is 0.259 e. The number of aryl methyl sites for hydroxylation is 3. The van der Waals surface area contributed by atoms with Gasteiger partial charge in [0, 0.05) is 24.2 Å². The largest absolute Gasteiger partial charge is 0.298 e. The fraction of sp³-hybridized carbons (Fsp3) is 0.407. The van der Waals surface area contributed by atoms with Crippen molar-refractivity contribution in [1.29, 1.82) is 0 Å². The van der Waals surface area contributed by atoms with Gasteiger partial charge in [0.1, 0.15) is 0 Å². The summed E-state index contributed by atoms with van der Waals surface area (Å²) in [6.45, 7) is 10.8. The molecule has 1 aliphatic rings. The number of benzene rings is 2. The lowest BCUT2D eigenvalue weighted by Crippen LogP contribution is -2.48. The van der Waals surface area contributed by atoms with E-state index in [1.807, 2.05) is 29.7 Å². The van der Waals surface area contributed by atoms with Crippen LogP contribution in [0, 0.1) is 20.8 Å². The van der Waals surface area contributed by atoms with Crippen LogP contribution in [0.5, 0.6) is 0 Å². The van der Waals surface area contributed by atoms with Gasteiger partial charge in [0.25, 0.3) is 5.56 Å². The first-order valence-electron chi connectivity index (χ1n) is 11.7. The van der Waals surface area contributed by atoms with Crippen molar-refractivity contribution >= 4 is 11.6 Å². The van der Waals surface area contributed by atoms with Crippen molar-refractivity contribution in [2.75, 3.05) is 18.1 Å². The summed E-state index contributed by atoms with van der Waals surface area (Å²) in [5.41, 5.74) is 6.38. The van der Waals surface area contributed by atoms with E-state index < -0.39 is 0 Å². The molecule has 0 N–H and O–H groups in total. The molecule has 0 unspecified atom stereocenters. The van der Waals surface area contributed by atoms with Crippen LogP contribution < -0.4 is 10.5 Å². The van der Waals surface area contributed by atoms with E-state index in [1.54, 1.807) is 0 Å². The second-order valence-corrected chi connectivity index (χ2v) is 8.97. The molecule has 0 atom stereocenters. The van der Waals surface area contributed by atoms with E-state index in [1.165, 1.54) is 24.0 Å². The van der Waals surface area contributed by atoms with Crippen molar-refractivity contribution in [3.8, 4) is 0 Å². The number of nitrogens with zero attached hydrogens (tertiary/aromatic N) is 4. The maximum atomic E-state index is 13.7. The molecule has 5 nitrogen and oxygen atoms in total. The predicted octanol–water partition coefficient (Wildman–Crippen LogP) is 5.32. The van der Waals surface area contributed by atoms with Crippen LogP contribution in [0.3, 0.4) is 0 Å². The summed E-state index contributed by atoms with van der Waals surface area (Å²) >= 11 is 0. The molecule has 1 aromatic heterocycles. The number of rotatable bonds is 7. The van der Waals surface area contributed by atoms with E-state index in [9.17, 15) is 4.79 Å². The van der Waals surface area contributed by atoms with Crippen molar-refractivity contribution in [2.24, 2.45) is 0 Å². The lowest BCUT2D eigenvalue weighted by atomic mass is 10.0. The minimum Gasteiger partial charge on any atom is -0.298 e. The molecule has 168 valence electrons. The fourth-order valence-corrected chi connectivity index (χ4v) is 4.55. The molecule has 0 saturated heterocycles. The highest BCUT2D eigenvalue weighted by molar-refractivity contribution is 5.63. The summed E-state index contributed by atoms with van der Waals surface area (Å²) in [6.07, 6.45) is 4.13. The molecule has 4 rings (SSSR count). The second kappa shape index (κ2) is 9.70. The quantitative estimate of drug-likeness (QED) is 0.476. The second-order valence-electron chi connectivity index (χ2n) is 8.97. The Morgan fingerprint density at radius 2 is 1.75 bits per heavy atom. The van der Waals surface area contributed by atoms with Crippen LogP contribution in [-0.4, -0.2) is 27.7 Å². The zero-order valence-electron chi connectivity index (χ0n) is 19.8. The lowest BCUT2D eigenvalue weighted by Gasteiger charge is -2.39. The van der Waals surface area contributed by atoms with Gasteiger partial charge in [-0.05, 0) is 44.4 Å². The molecule has 5 heteroatoms. The van der Waals surface area contributed by atoms with Crippen molar-refractivity contribution < 1.29 is 0 Å². The van der Waals surface area contributed by atoms with Crippen molar-refractivity contribution in [2.45, 2.75) is 60.0 Å². The molecule has 0 radical (unpaired) electrons. The third kappa shape index (κ3) is 4.63. The maximum absolute atomic E-state index is 13.7. The number of hydrogen-bond acceptors (Lipinski definition) is 4. The highest BCUT2D eigenvalue weighted by Crippen LogP contribution is 2.31. The Morgan fingerprint density at radius 3 is 2.47 bits per heavy atom. The van der Waals surface area contributed by atoms with Crippen molar-refractivity contribution in [1.82, 2.24) is 14.5 Å². The molecule has 0 saturated carbocycles. The first-order chi connectivity index (χ1) is 15.5. The molecular weight excluding hydrogens is 396 g/mol. The van der Waals surface area contributed by atoms with Gasteiger partial charge in [-0.3, -0.25) is 19.2 Å². The van der Waals surface area contributed by atoms with Gasteiger partial charge in [0.15, 0.2) is 0 Å². The van der Waals surface area contributed by atoms with E-state index in [-0.39, 0.29) is 5.56 Å². The third-order valence-electron chi connectivity index (χ3n) is 6.32. The first-order valence-corrected chi connectivity index (χ1v) is 11.7.